The van der Waals surface area contributed by atoms with Crippen molar-refractivity contribution in [2.75, 3.05) is 0 Å². The average molecular weight is 223 g/mol. The van der Waals surface area contributed by atoms with Crippen molar-refractivity contribution in [3.05, 3.63) is 30.4 Å². The zero-order valence-electron chi connectivity index (χ0n) is 8.06. The van der Waals surface area contributed by atoms with E-state index in [1.807, 2.05) is 0 Å². The van der Waals surface area contributed by atoms with Gasteiger partial charge in [-0.15, -0.1) is 0 Å². The Morgan fingerprint density at radius 3 is 2.81 bits per heavy atom. The maximum atomic E-state index is 10.5. The van der Waals surface area contributed by atoms with Gasteiger partial charge in [0.05, 0.1) is 11.9 Å². The summed E-state index contributed by atoms with van der Waals surface area (Å²) in [6.45, 7) is 0. The van der Waals surface area contributed by atoms with E-state index in [4.69, 9.17) is 5.11 Å². The highest BCUT2D eigenvalue weighted by molar-refractivity contribution is 5.73. The monoisotopic (exact) mass is 223 g/mol. The lowest BCUT2D eigenvalue weighted by atomic mass is 10.1. The smallest absolute Gasteiger partial charge is 0.335 e. The third kappa shape index (κ3) is 1.62. The Morgan fingerprint density at radius 1 is 1.38 bits per heavy atom. The van der Waals surface area contributed by atoms with E-state index in [0.717, 1.165) is 0 Å². The highest BCUT2D eigenvalue weighted by Gasteiger charge is 2.27. The third-order valence-corrected chi connectivity index (χ3v) is 2.17. The van der Waals surface area contributed by atoms with E-state index in [0.29, 0.717) is 5.78 Å². The summed E-state index contributed by atoms with van der Waals surface area (Å²) in [5.74, 6) is -1.17. The second-order valence-electron chi connectivity index (χ2n) is 3.20. The molecule has 2 rings (SSSR count). The summed E-state index contributed by atoms with van der Waals surface area (Å²) in [4.78, 5) is 18.3. The van der Waals surface area contributed by atoms with Crippen LogP contribution in [0.15, 0.2) is 24.7 Å². The third-order valence-electron chi connectivity index (χ3n) is 2.17. The van der Waals surface area contributed by atoms with Gasteiger partial charge in [0.25, 0.3) is 0 Å². The number of aromatic nitrogens is 3. The molecule has 0 bridgehead atoms. The number of carboxylic acids is 1. The minimum absolute atomic E-state index is 0.179. The van der Waals surface area contributed by atoms with E-state index in [9.17, 15) is 15.0 Å². The first-order valence-corrected chi connectivity index (χ1v) is 4.48. The first-order valence-electron chi connectivity index (χ1n) is 4.48. The van der Waals surface area contributed by atoms with Crippen molar-refractivity contribution in [3.8, 4) is 0 Å². The number of nitrogens with zero attached hydrogens (tertiary/aromatic N) is 3. The molecule has 2 aromatic rings. The number of aliphatic carboxylic acids is 1. The maximum absolute atomic E-state index is 10.5. The molecular formula is C9H9N3O4. The van der Waals surface area contributed by atoms with Gasteiger partial charge in [0.15, 0.2) is 6.10 Å². The topological polar surface area (TPSA) is 108 Å². The van der Waals surface area contributed by atoms with Crippen molar-refractivity contribution in [1.82, 2.24) is 14.4 Å². The molecule has 84 valence electrons. The minimum Gasteiger partial charge on any atom is -0.479 e. The van der Waals surface area contributed by atoms with Crippen LogP contribution in [0.1, 0.15) is 11.8 Å². The van der Waals surface area contributed by atoms with Gasteiger partial charge >= 0.3 is 5.97 Å². The van der Waals surface area contributed by atoms with Gasteiger partial charge in [-0.05, 0) is 6.07 Å². The van der Waals surface area contributed by atoms with Crippen molar-refractivity contribution in [2.45, 2.75) is 12.2 Å². The molecule has 0 aliphatic rings. The van der Waals surface area contributed by atoms with Crippen molar-refractivity contribution in [3.63, 3.8) is 0 Å². The van der Waals surface area contributed by atoms with Crippen LogP contribution in [0.4, 0.5) is 0 Å². The highest BCUT2D eigenvalue weighted by Crippen LogP contribution is 2.17. The van der Waals surface area contributed by atoms with Gasteiger partial charge in [0, 0.05) is 12.4 Å². The predicted octanol–water partition coefficient (Wildman–Crippen LogP) is -0.792. The van der Waals surface area contributed by atoms with Crippen LogP contribution in [0.5, 0.6) is 0 Å². The van der Waals surface area contributed by atoms with Crippen molar-refractivity contribution in [2.24, 2.45) is 0 Å². The molecule has 0 aliphatic heterocycles. The van der Waals surface area contributed by atoms with E-state index in [1.54, 1.807) is 12.3 Å². The standard InChI is InChI=1S/C9H9N3O4/c13-6(7(14)8(15)16)5-4-11-9-10-2-1-3-12(5)9/h1-4,6-7,13-14H,(H,15,16). The summed E-state index contributed by atoms with van der Waals surface area (Å²) >= 11 is 0. The number of rotatable bonds is 3. The lowest BCUT2D eigenvalue weighted by Gasteiger charge is -2.12. The van der Waals surface area contributed by atoms with Gasteiger partial charge in [-0.3, -0.25) is 4.40 Å². The number of carboxylic acid groups (broad SMARTS) is 1. The number of aliphatic hydroxyl groups is 2. The Kier molecular flexibility index (Phi) is 2.55. The molecule has 0 amide bonds. The first kappa shape index (κ1) is 10.5. The van der Waals surface area contributed by atoms with Gasteiger partial charge in [-0.2, -0.15) is 0 Å². The first-order chi connectivity index (χ1) is 7.61. The molecule has 7 heteroatoms. The van der Waals surface area contributed by atoms with Crippen LogP contribution >= 0.6 is 0 Å². The summed E-state index contributed by atoms with van der Waals surface area (Å²) < 4.78 is 1.41. The highest BCUT2D eigenvalue weighted by atomic mass is 16.4. The van der Waals surface area contributed by atoms with E-state index < -0.39 is 18.2 Å². The Labute approximate surface area is 89.6 Å². The van der Waals surface area contributed by atoms with Crippen LogP contribution in [0, 0.1) is 0 Å². The van der Waals surface area contributed by atoms with Gasteiger partial charge < -0.3 is 15.3 Å². The Balaban J connectivity index is 2.44. The molecule has 7 nitrogen and oxygen atoms in total. The largest absolute Gasteiger partial charge is 0.479 e. The number of hydrogen-bond acceptors (Lipinski definition) is 5. The number of hydrogen-bond donors (Lipinski definition) is 3. The molecule has 2 heterocycles. The Bertz CT molecular complexity index is 524. The molecule has 0 fully saturated rings. The van der Waals surface area contributed by atoms with Gasteiger partial charge in [0.2, 0.25) is 5.78 Å². The van der Waals surface area contributed by atoms with E-state index in [2.05, 4.69) is 9.97 Å². The minimum atomic E-state index is -1.89. The zero-order chi connectivity index (χ0) is 11.7. The van der Waals surface area contributed by atoms with Crippen LogP contribution in [-0.2, 0) is 4.79 Å². The summed E-state index contributed by atoms with van der Waals surface area (Å²) in [6.07, 6.45) is 0.935. The van der Waals surface area contributed by atoms with Gasteiger partial charge in [-0.25, -0.2) is 14.8 Å². The van der Waals surface area contributed by atoms with Crippen molar-refractivity contribution >= 4 is 11.7 Å². The maximum Gasteiger partial charge on any atom is 0.335 e. The Morgan fingerprint density at radius 2 is 2.12 bits per heavy atom. The van der Waals surface area contributed by atoms with Crippen LogP contribution in [0.2, 0.25) is 0 Å². The fraction of sp³-hybridized carbons (Fsp3) is 0.222. The summed E-state index contributed by atoms with van der Waals surface area (Å²) in [5, 5.41) is 27.4. The SMILES string of the molecule is O=C(O)C(O)C(O)c1cnc2ncccn12. The summed E-state index contributed by atoms with van der Waals surface area (Å²) in [6, 6.07) is 1.61. The summed E-state index contributed by atoms with van der Waals surface area (Å²) in [7, 11) is 0. The average Bonchev–Trinajstić information content (AvgIpc) is 2.70. The second kappa shape index (κ2) is 3.87. The van der Waals surface area contributed by atoms with Crippen molar-refractivity contribution in [1.29, 1.82) is 0 Å². The Hall–Kier alpha value is -1.99. The molecule has 2 atom stereocenters. The molecule has 0 spiro atoms. The van der Waals surface area contributed by atoms with Crippen LogP contribution < -0.4 is 0 Å². The molecular weight excluding hydrogens is 214 g/mol. The quantitative estimate of drug-likeness (QED) is 0.629. The van der Waals surface area contributed by atoms with Crippen LogP contribution in [0.25, 0.3) is 5.78 Å². The lowest BCUT2D eigenvalue weighted by Crippen LogP contribution is -2.28. The van der Waals surface area contributed by atoms with E-state index in [1.165, 1.54) is 16.8 Å². The van der Waals surface area contributed by atoms with Crippen molar-refractivity contribution < 1.29 is 20.1 Å². The number of carbonyl (C=O) groups is 1. The molecule has 16 heavy (non-hydrogen) atoms. The molecule has 2 aromatic heterocycles. The normalized spacial score (nSPS) is 14.9. The van der Waals surface area contributed by atoms with E-state index >= 15 is 0 Å². The zero-order valence-corrected chi connectivity index (χ0v) is 8.06. The molecule has 0 aliphatic carbocycles. The van der Waals surface area contributed by atoms with Gasteiger partial charge in [-0.1, -0.05) is 0 Å². The van der Waals surface area contributed by atoms with Crippen LogP contribution in [0.3, 0.4) is 0 Å². The van der Waals surface area contributed by atoms with Gasteiger partial charge in [0.1, 0.15) is 6.10 Å². The molecule has 0 saturated heterocycles. The molecule has 0 saturated carbocycles. The number of fused-ring (bicyclic) bond motifs is 1. The summed E-state index contributed by atoms with van der Waals surface area (Å²) in [5.41, 5.74) is 0.179. The second-order valence-corrected chi connectivity index (χ2v) is 3.20. The molecule has 0 radical (unpaired) electrons. The lowest BCUT2D eigenvalue weighted by molar-refractivity contribution is -0.153. The molecule has 3 N–H and O–H groups in total. The number of imidazole rings is 1. The fourth-order valence-electron chi connectivity index (χ4n) is 1.36. The number of aliphatic hydroxyl groups excluding tert-OH is 2. The molecule has 2 unspecified atom stereocenters. The van der Waals surface area contributed by atoms with Crippen LogP contribution in [-0.4, -0.2) is 41.8 Å². The molecule has 0 aromatic carbocycles. The predicted molar refractivity (Wildman–Crippen MR) is 51.6 cm³/mol. The fourth-order valence-corrected chi connectivity index (χ4v) is 1.36. The van der Waals surface area contributed by atoms with E-state index in [-0.39, 0.29) is 5.69 Å².